The average Bonchev–Trinajstić information content (AvgIpc) is 2.52. The van der Waals surface area contributed by atoms with Gasteiger partial charge in [-0.1, -0.05) is 6.08 Å². The fraction of sp³-hybridized carbons (Fsp3) is 0.706. The van der Waals surface area contributed by atoms with Crippen molar-refractivity contribution in [2.24, 2.45) is 10.9 Å². The third-order valence-electron chi connectivity index (χ3n) is 3.89. The number of allylic oxidation sites excluding steroid dienone is 1. The molecular formula is C17H27N3O3. The number of carbonyl (C=O) groups is 2. The van der Waals surface area contributed by atoms with E-state index in [1.54, 1.807) is 11.1 Å². The zero-order valence-electron chi connectivity index (χ0n) is 14.2. The number of likely N-dealkylation sites (tertiary alicyclic amines) is 1. The first-order valence-electron chi connectivity index (χ1n) is 8.31. The molecule has 0 aromatic rings. The maximum absolute atomic E-state index is 12.5. The van der Waals surface area contributed by atoms with Gasteiger partial charge in [-0.2, -0.15) is 0 Å². The van der Waals surface area contributed by atoms with Gasteiger partial charge in [0.2, 0.25) is 5.91 Å². The molecule has 0 spiro atoms. The number of carbonyl (C=O) groups excluding carboxylic acids is 2. The minimum absolute atomic E-state index is 0.0986. The van der Waals surface area contributed by atoms with E-state index >= 15 is 0 Å². The maximum atomic E-state index is 12.5. The van der Waals surface area contributed by atoms with Crippen molar-refractivity contribution in [3.63, 3.8) is 0 Å². The van der Waals surface area contributed by atoms with Crippen molar-refractivity contribution >= 4 is 18.2 Å². The third kappa shape index (κ3) is 5.37. The van der Waals surface area contributed by atoms with Crippen LogP contribution in [0.1, 0.15) is 40.0 Å². The molecule has 0 aromatic carbocycles. The Morgan fingerprint density at radius 1 is 1.35 bits per heavy atom. The Kier molecular flexibility index (Phi) is 5.80. The van der Waals surface area contributed by atoms with Crippen molar-refractivity contribution in [3.05, 3.63) is 12.2 Å². The summed E-state index contributed by atoms with van der Waals surface area (Å²) in [7, 11) is 0. The number of dihydropyridines is 1. The highest BCUT2D eigenvalue weighted by Crippen LogP contribution is 2.20. The number of piperidine rings is 1. The summed E-state index contributed by atoms with van der Waals surface area (Å²) in [6.45, 7) is 7.31. The Balaban J connectivity index is 1.91. The molecule has 23 heavy (non-hydrogen) atoms. The van der Waals surface area contributed by atoms with Crippen molar-refractivity contribution in [1.29, 1.82) is 0 Å². The van der Waals surface area contributed by atoms with E-state index in [0.717, 1.165) is 12.8 Å². The molecule has 0 radical (unpaired) electrons. The van der Waals surface area contributed by atoms with Gasteiger partial charge in [0.05, 0.1) is 0 Å². The Morgan fingerprint density at radius 2 is 2.13 bits per heavy atom. The predicted octanol–water partition coefficient (Wildman–Crippen LogP) is 2.15. The zero-order valence-corrected chi connectivity index (χ0v) is 14.2. The monoisotopic (exact) mass is 321 g/mol. The van der Waals surface area contributed by atoms with Gasteiger partial charge in [-0.15, -0.1) is 0 Å². The fourth-order valence-electron chi connectivity index (χ4n) is 2.75. The molecular weight excluding hydrogens is 294 g/mol. The molecule has 2 heterocycles. The highest BCUT2D eigenvalue weighted by molar-refractivity contribution is 5.86. The van der Waals surface area contributed by atoms with E-state index in [2.05, 4.69) is 10.3 Å². The van der Waals surface area contributed by atoms with Crippen LogP contribution >= 0.6 is 0 Å². The van der Waals surface area contributed by atoms with Crippen molar-refractivity contribution in [2.75, 3.05) is 19.6 Å². The van der Waals surface area contributed by atoms with E-state index in [4.69, 9.17) is 4.74 Å². The van der Waals surface area contributed by atoms with Gasteiger partial charge in [0.25, 0.3) is 0 Å². The van der Waals surface area contributed by atoms with Crippen LogP contribution in [0.25, 0.3) is 0 Å². The summed E-state index contributed by atoms with van der Waals surface area (Å²) in [6.07, 6.45) is 7.84. The lowest BCUT2D eigenvalue weighted by Crippen LogP contribution is -2.53. The number of hydrogen-bond donors (Lipinski definition) is 1. The molecule has 6 nitrogen and oxygen atoms in total. The first-order valence-corrected chi connectivity index (χ1v) is 8.31. The Bertz CT molecular complexity index is 494. The number of hydrogen-bond acceptors (Lipinski definition) is 4. The molecule has 0 aliphatic carbocycles. The molecule has 0 saturated carbocycles. The van der Waals surface area contributed by atoms with Gasteiger partial charge < -0.3 is 10.1 Å². The molecule has 0 bridgehead atoms. The number of nitrogens with zero attached hydrogens (tertiary/aromatic N) is 2. The van der Waals surface area contributed by atoms with Gasteiger partial charge >= 0.3 is 6.09 Å². The average molecular weight is 321 g/mol. The van der Waals surface area contributed by atoms with Gasteiger partial charge in [0, 0.05) is 31.8 Å². The zero-order chi connectivity index (χ0) is 16.9. The highest BCUT2D eigenvalue weighted by Gasteiger charge is 2.34. The van der Waals surface area contributed by atoms with Crippen molar-refractivity contribution < 1.29 is 14.3 Å². The number of aliphatic imine (C=N–C) groups is 1. The summed E-state index contributed by atoms with van der Waals surface area (Å²) in [4.78, 5) is 30.6. The Labute approximate surface area is 138 Å². The number of ether oxygens (including phenoxy) is 1. The summed E-state index contributed by atoms with van der Waals surface area (Å²) in [5.41, 5.74) is -0.555. The summed E-state index contributed by atoms with van der Waals surface area (Å²) >= 11 is 0. The third-order valence-corrected chi connectivity index (χ3v) is 3.89. The van der Waals surface area contributed by atoms with E-state index in [0.29, 0.717) is 26.1 Å². The molecule has 1 fully saturated rings. The summed E-state index contributed by atoms with van der Waals surface area (Å²) in [5.74, 6) is 0.126. The molecule has 2 aliphatic heterocycles. The quantitative estimate of drug-likeness (QED) is 0.866. The van der Waals surface area contributed by atoms with Crippen LogP contribution in [0, 0.1) is 5.92 Å². The van der Waals surface area contributed by atoms with Crippen LogP contribution in [0.15, 0.2) is 17.1 Å². The number of nitrogens with one attached hydrogen (secondary N) is 1. The molecule has 2 atom stereocenters. The second-order valence-electron chi connectivity index (χ2n) is 7.09. The number of rotatable bonds is 3. The van der Waals surface area contributed by atoms with E-state index < -0.39 is 17.7 Å². The molecule has 0 aromatic heterocycles. The van der Waals surface area contributed by atoms with Crippen LogP contribution in [-0.2, 0) is 9.53 Å². The second-order valence-corrected chi connectivity index (χ2v) is 7.09. The predicted molar refractivity (Wildman–Crippen MR) is 89.6 cm³/mol. The normalized spacial score (nSPS) is 24.4. The van der Waals surface area contributed by atoms with Gasteiger partial charge in [-0.3, -0.25) is 14.7 Å². The lowest BCUT2D eigenvalue weighted by atomic mass is 10.0. The Morgan fingerprint density at radius 3 is 2.78 bits per heavy atom. The van der Waals surface area contributed by atoms with Crippen molar-refractivity contribution in [1.82, 2.24) is 10.2 Å². The van der Waals surface area contributed by atoms with Gasteiger partial charge in [-0.25, -0.2) is 4.79 Å². The highest BCUT2D eigenvalue weighted by atomic mass is 16.6. The molecule has 2 rings (SSSR count). The number of amides is 2. The molecule has 2 aliphatic rings. The van der Waals surface area contributed by atoms with Crippen molar-refractivity contribution in [2.45, 2.75) is 51.7 Å². The van der Waals surface area contributed by atoms with Crippen LogP contribution in [0.2, 0.25) is 0 Å². The second kappa shape index (κ2) is 7.62. The lowest BCUT2D eigenvalue weighted by Gasteiger charge is -2.36. The van der Waals surface area contributed by atoms with E-state index in [-0.39, 0.29) is 11.8 Å². The van der Waals surface area contributed by atoms with Gasteiger partial charge in [-0.05, 0) is 46.1 Å². The van der Waals surface area contributed by atoms with Crippen LogP contribution < -0.4 is 5.32 Å². The fourth-order valence-corrected chi connectivity index (χ4v) is 2.75. The first kappa shape index (κ1) is 17.5. The minimum atomic E-state index is -0.555. The van der Waals surface area contributed by atoms with Crippen LogP contribution in [-0.4, -0.2) is 54.4 Å². The smallest absolute Gasteiger partial charge is 0.410 e. The largest absolute Gasteiger partial charge is 0.444 e. The molecule has 2 amide bonds. The van der Waals surface area contributed by atoms with Crippen LogP contribution in [0.3, 0.4) is 0 Å². The summed E-state index contributed by atoms with van der Waals surface area (Å²) in [6, 6.07) is -0.435. The topological polar surface area (TPSA) is 71.0 Å². The van der Waals surface area contributed by atoms with Crippen LogP contribution in [0.5, 0.6) is 0 Å². The first-order chi connectivity index (χ1) is 10.9. The van der Waals surface area contributed by atoms with E-state index in [9.17, 15) is 9.59 Å². The van der Waals surface area contributed by atoms with Crippen molar-refractivity contribution in [3.8, 4) is 0 Å². The molecule has 128 valence electrons. The Hall–Kier alpha value is -1.85. The molecule has 1 N–H and O–H groups in total. The molecule has 1 saturated heterocycles. The van der Waals surface area contributed by atoms with E-state index in [1.165, 1.54) is 0 Å². The lowest BCUT2D eigenvalue weighted by molar-refractivity contribution is -0.127. The molecule has 1 unspecified atom stereocenters. The van der Waals surface area contributed by atoms with E-state index in [1.807, 2.05) is 32.9 Å². The molecule has 6 heteroatoms. The van der Waals surface area contributed by atoms with Gasteiger partial charge in [0.1, 0.15) is 11.6 Å². The summed E-state index contributed by atoms with van der Waals surface area (Å²) in [5, 5.41) is 2.96. The van der Waals surface area contributed by atoms with Gasteiger partial charge in [0.15, 0.2) is 0 Å². The SMILES string of the molecule is CC(C)(C)OC(=O)N1CCCC[C@H]1C(=O)NCC1C=CC=NC1. The minimum Gasteiger partial charge on any atom is -0.444 e. The maximum Gasteiger partial charge on any atom is 0.410 e. The standard InChI is InChI=1S/C17H27N3O3/c1-17(2,3)23-16(22)20-10-5-4-8-14(20)15(21)19-12-13-7-6-9-18-11-13/h6-7,9,13-14H,4-5,8,10-12H2,1-3H3,(H,19,21)/t13?,14-/m0/s1. The van der Waals surface area contributed by atoms with Crippen LogP contribution in [0.4, 0.5) is 4.79 Å². The summed E-state index contributed by atoms with van der Waals surface area (Å²) < 4.78 is 5.43.